The van der Waals surface area contributed by atoms with Crippen LogP contribution in [0.4, 0.5) is 4.79 Å². The fourth-order valence-electron chi connectivity index (χ4n) is 2.97. The Labute approximate surface area is 128 Å². The van der Waals surface area contributed by atoms with E-state index in [1.807, 2.05) is 18.4 Å². The van der Waals surface area contributed by atoms with Crippen LogP contribution >= 0.6 is 0 Å². The summed E-state index contributed by atoms with van der Waals surface area (Å²) < 4.78 is 1.92. The van der Waals surface area contributed by atoms with Crippen molar-refractivity contribution in [2.75, 3.05) is 20.6 Å². The first-order chi connectivity index (χ1) is 10.4. The van der Waals surface area contributed by atoms with Gasteiger partial charge in [0.1, 0.15) is 6.04 Å². The zero-order valence-electron chi connectivity index (χ0n) is 13.1. The first-order valence-electron chi connectivity index (χ1n) is 7.11. The summed E-state index contributed by atoms with van der Waals surface area (Å²) in [7, 11) is 3.42. The number of hydrazone groups is 1. The number of hydrogen-bond donors (Lipinski definition) is 0. The van der Waals surface area contributed by atoms with Crippen LogP contribution in [0.25, 0.3) is 0 Å². The Morgan fingerprint density at radius 1 is 1.36 bits per heavy atom. The molecule has 0 saturated carbocycles. The fraction of sp³-hybridized carbons (Fsp3) is 0.500. The molecule has 1 fully saturated rings. The van der Waals surface area contributed by atoms with Gasteiger partial charge in [0.15, 0.2) is 0 Å². The number of imide groups is 1. The SMILES string of the molecule is C=CCN1C(=O)C2C(=NC3=[N+]2C(C)C(C)=NN3C)N(C)C1=O. The molecule has 0 radical (unpaired) electrons. The van der Waals surface area contributed by atoms with Crippen LogP contribution in [0.2, 0.25) is 0 Å². The molecular weight excluding hydrogens is 284 g/mol. The third-order valence-electron chi connectivity index (χ3n) is 4.26. The number of rotatable bonds is 2. The van der Waals surface area contributed by atoms with Crippen LogP contribution in [0.5, 0.6) is 0 Å². The van der Waals surface area contributed by atoms with Crippen LogP contribution in [0.3, 0.4) is 0 Å². The second-order valence-electron chi connectivity index (χ2n) is 5.60. The van der Waals surface area contributed by atoms with Gasteiger partial charge in [0.2, 0.25) is 11.9 Å². The second kappa shape index (κ2) is 4.75. The van der Waals surface area contributed by atoms with E-state index in [4.69, 9.17) is 0 Å². The quantitative estimate of drug-likeness (QED) is 0.529. The third kappa shape index (κ3) is 1.73. The third-order valence-corrected chi connectivity index (χ3v) is 4.26. The van der Waals surface area contributed by atoms with Crippen LogP contribution in [-0.4, -0.2) is 81.6 Å². The average Bonchev–Trinajstić information content (AvgIpc) is 2.88. The average molecular weight is 303 g/mol. The fourth-order valence-corrected chi connectivity index (χ4v) is 2.97. The number of fused-ring (bicyclic) bond motifs is 2. The molecular formula is C14H19N6O2+. The van der Waals surface area contributed by atoms with Gasteiger partial charge in [0, 0.05) is 13.6 Å². The molecule has 22 heavy (non-hydrogen) atoms. The van der Waals surface area contributed by atoms with Crippen LogP contribution in [0.15, 0.2) is 22.7 Å². The van der Waals surface area contributed by atoms with Crippen molar-refractivity contribution in [2.45, 2.75) is 25.9 Å². The van der Waals surface area contributed by atoms with Crippen molar-refractivity contribution in [2.24, 2.45) is 10.1 Å². The van der Waals surface area contributed by atoms with E-state index in [1.165, 1.54) is 9.80 Å². The zero-order chi connectivity index (χ0) is 16.2. The number of likely N-dealkylation sites (N-methyl/N-ethyl adjacent to an activating group) is 1. The number of amides is 3. The van der Waals surface area contributed by atoms with Crippen molar-refractivity contribution in [1.29, 1.82) is 0 Å². The Balaban J connectivity index is 2.08. The van der Waals surface area contributed by atoms with E-state index in [9.17, 15) is 9.59 Å². The van der Waals surface area contributed by atoms with Gasteiger partial charge in [-0.1, -0.05) is 11.1 Å². The molecule has 0 aromatic rings. The number of nitrogens with zero attached hydrogens (tertiary/aromatic N) is 6. The number of carbonyl (C=O) groups excluding carboxylic acids is 2. The highest BCUT2D eigenvalue weighted by Gasteiger charge is 2.55. The summed E-state index contributed by atoms with van der Waals surface area (Å²) in [5, 5.41) is 6.05. The summed E-state index contributed by atoms with van der Waals surface area (Å²) in [6.45, 7) is 7.69. The molecule has 0 aromatic heterocycles. The van der Waals surface area contributed by atoms with Gasteiger partial charge >= 0.3 is 12.0 Å². The molecule has 0 N–H and O–H groups in total. The molecule has 1 saturated heterocycles. The van der Waals surface area contributed by atoms with Gasteiger partial charge in [-0.3, -0.25) is 14.6 Å². The number of amidine groups is 1. The molecule has 3 amide bonds. The molecule has 2 atom stereocenters. The van der Waals surface area contributed by atoms with E-state index in [1.54, 1.807) is 25.2 Å². The van der Waals surface area contributed by atoms with Crippen molar-refractivity contribution in [3.8, 4) is 0 Å². The number of carbonyl (C=O) groups is 2. The van der Waals surface area contributed by atoms with Gasteiger partial charge in [-0.2, -0.15) is 0 Å². The maximum absolute atomic E-state index is 12.8. The van der Waals surface area contributed by atoms with E-state index in [-0.39, 0.29) is 24.5 Å². The van der Waals surface area contributed by atoms with E-state index in [0.717, 1.165) is 5.71 Å². The Morgan fingerprint density at radius 2 is 2.05 bits per heavy atom. The minimum Gasteiger partial charge on any atom is -0.270 e. The van der Waals surface area contributed by atoms with Gasteiger partial charge in [0.05, 0.1) is 12.8 Å². The maximum Gasteiger partial charge on any atom is 0.416 e. The Hall–Kier alpha value is -2.51. The number of guanidine groups is 1. The molecule has 0 aromatic carbocycles. The molecule has 2 unspecified atom stereocenters. The van der Waals surface area contributed by atoms with Crippen molar-refractivity contribution >= 4 is 29.4 Å². The summed E-state index contributed by atoms with van der Waals surface area (Å²) in [6, 6.07) is -1.04. The summed E-state index contributed by atoms with van der Waals surface area (Å²) in [6.07, 6.45) is 1.55. The van der Waals surface area contributed by atoms with Gasteiger partial charge in [-0.15, -0.1) is 16.7 Å². The first kappa shape index (κ1) is 14.4. The lowest BCUT2D eigenvalue weighted by atomic mass is 10.1. The van der Waals surface area contributed by atoms with Crippen molar-refractivity contribution in [3.05, 3.63) is 12.7 Å². The lowest BCUT2D eigenvalue weighted by molar-refractivity contribution is -0.558. The molecule has 3 aliphatic heterocycles. The smallest absolute Gasteiger partial charge is 0.270 e. The summed E-state index contributed by atoms with van der Waals surface area (Å²) in [4.78, 5) is 32.3. The minimum absolute atomic E-state index is 0.0615. The van der Waals surface area contributed by atoms with Crippen molar-refractivity contribution in [1.82, 2.24) is 14.8 Å². The van der Waals surface area contributed by atoms with Gasteiger partial charge in [0.25, 0.3) is 5.91 Å². The van der Waals surface area contributed by atoms with E-state index in [0.29, 0.717) is 11.8 Å². The standard InChI is InChI=1S/C14H19N6O2/c1-6-7-19-12(21)10-11(17(4)14(19)22)15-13-18(5)16-8(2)9(3)20(10)13/h6,9-10H,1,7H2,2-5H3/q+1. The topological polar surface area (TPSA) is 71.6 Å². The minimum atomic E-state index is -0.597. The van der Waals surface area contributed by atoms with Crippen LogP contribution in [-0.2, 0) is 4.79 Å². The zero-order valence-corrected chi connectivity index (χ0v) is 13.1. The van der Waals surface area contributed by atoms with Crippen molar-refractivity contribution < 1.29 is 14.2 Å². The number of hydrogen-bond acceptors (Lipinski definition) is 5. The lowest BCUT2D eigenvalue weighted by Gasteiger charge is -2.35. The predicted molar refractivity (Wildman–Crippen MR) is 81.9 cm³/mol. The van der Waals surface area contributed by atoms with Crippen LogP contribution < -0.4 is 0 Å². The second-order valence-corrected chi connectivity index (χ2v) is 5.60. The monoisotopic (exact) mass is 303 g/mol. The number of aliphatic imine (C=N–C) groups is 1. The molecule has 0 aliphatic carbocycles. The Kier molecular flexibility index (Phi) is 3.12. The van der Waals surface area contributed by atoms with Crippen LogP contribution in [0.1, 0.15) is 13.8 Å². The van der Waals surface area contributed by atoms with Gasteiger partial charge in [-0.25, -0.2) is 9.37 Å². The van der Waals surface area contributed by atoms with Gasteiger partial charge < -0.3 is 0 Å². The first-order valence-corrected chi connectivity index (χ1v) is 7.11. The molecule has 0 bridgehead atoms. The molecule has 3 heterocycles. The lowest BCUT2D eigenvalue weighted by Crippen LogP contribution is -2.64. The molecule has 116 valence electrons. The van der Waals surface area contributed by atoms with Gasteiger partial charge in [-0.05, 0) is 13.8 Å². The largest absolute Gasteiger partial charge is 0.416 e. The highest BCUT2D eigenvalue weighted by molar-refractivity contribution is 6.23. The molecule has 8 nitrogen and oxygen atoms in total. The Bertz CT molecular complexity index is 677. The molecule has 8 heteroatoms. The number of urea groups is 1. The van der Waals surface area contributed by atoms with Crippen molar-refractivity contribution in [3.63, 3.8) is 0 Å². The van der Waals surface area contributed by atoms with E-state index < -0.39 is 6.04 Å². The summed E-state index contributed by atoms with van der Waals surface area (Å²) >= 11 is 0. The van der Waals surface area contributed by atoms with E-state index in [2.05, 4.69) is 16.7 Å². The normalized spacial score (nSPS) is 27.7. The molecule has 3 aliphatic rings. The van der Waals surface area contributed by atoms with Crippen LogP contribution in [0, 0.1) is 0 Å². The predicted octanol–water partition coefficient (Wildman–Crippen LogP) is -0.0746. The summed E-state index contributed by atoms with van der Waals surface area (Å²) in [5.41, 5.74) is 0.894. The molecule has 0 spiro atoms. The maximum atomic E-state index is 12.8. The highest BCUT2D eigenvalue weighted by Crippen LogP contribution is 2.24. The highest BCUT2D eigenvalue weighted by atomic mass is 16.2. The summed E-state index contributed by atoms with van der Waals surface area (Å²) in [5.74, 6) is 0.771. The molecule has 3 rings (SSSR count). The Morgan fingerprint density at radius 3 is 2.68 bits per heavy atom. The van der Waals surface area contributed by atoms with E-state index >= 15 is 0 Å².